The van der Waals surface area contributed by atoms with Gasteiger partial charge in [0.1, 0.15) is 72.5 Å². The molecule has 0 aromatic rings. The first-order valence-electron chi connectivity index (χ1n) is 39.5. The number of hydrogen-bond acceptors (Lipinski definition) is 26. The van der Waals surface area contributed by atoms with Gasteiger partial charge in [0.2, 0.25) is 94.5 Å². The second kappa shape index (κ2) is 58.8. The van der Waals surface area contributed by atoms with Crippen LogP contribution in [0.1, 0.15) is 157 Å². The number of carboxylic acid groups (broad SMARTS) is 4. The molecular formula is C72H123N23O24S3. The Kier molecular flexibility index (Phi) is 52.5. The number of aliphatic imine (C=N–C) groups is 2. The minimum atomic E-state index is -1.79. The number of primary amides is 1. The number of carbonyl (C=O) groups is 20. The zero-order valence-corrected chi connectivity index (χ0v) is 72.0. The van der Waals surface area contributed by atoms with Gasteiger partial charge in [-0.25, -0.2) is 0 Å². The number of thiol groups is 1. The quantitative estimate of drug-likeness (QED) is 0.0117. The highest BCUT2D eigenvalue weighted by Gasteiger charge is 2.41. The summed E-state index contributed by atoms with van der Waals surface area (Å²) in [5.74, 6) is -19.9. The van der Waals surface area contributed by atoms with Gasteiger partial charge in [-0.1, -0.05) is 34.1 Å². The molecule has 50 heteroatoms. The molecule has 14 atom stereocenters. The van der Waals surface area contributed by atoms with Crippen molar-refractivity contribution in [3.63, 3.8) is 0 Å². The number of amides is 16. The van der Waals surface area contributed by atoms with Crippen molar-refractivity contribution >= 4 is 166 Å². The zero-order chi connectivity index (χ0) is 92.5. The summed E-state index contributed by atoms with van der Waals surface area (Å²) >= 11 is 6.49. The van der Waals surface area contributed by atoms with Crippen LogP contribution in [0.2, 0.25) is 0 Å². The predicted molar refractivity (Wildman–Crippen MR) is 449 cm³/mol. The molecule has 0 aromatic heterocycles. The summed E-state index contributed by atoms with van der Waals surface area (Å²) in [5, 5.41) is 71.7. The summed E-state index contributed by atoms with van der Waals surface area (Å²) in [5.41, 5.74) is 33.0. The van der Waals surface area contributed by atoms with Crippen LogP contribution in [-0.2, 0) is 95.9 Å². The van der Waals surface area contributed by atoms with Crippen LogP contribution in [-0.4, -0.2) is 303 Å². The second-order valence-corrected chi connectivity index (χ2v) is 31.4. The Hall–Kier alpha value is -11.0. The summed E-state index contributed by atoms with van der Waals surface area (Å²) in [4.78, 5) is 267. The molecule has 0 aliphatic carbocycles. The molecule has 3 unspecified atom stereocenters. The average molecular weight is 1790 g/mol. The fourth-order valence-corrected chi connectivity index (χ4v) is 13.4. The number of unbranched alkanes of at least 4 members (excludes halogenated alkanes) is 1. The number of thioether (sulfide) groups is 2. The first kappa shape index (κ1) is 109. The number of nitrogens with one attached hydrogen (secondary N) is 14. The Bertz CT molecular complexity index is 3650. The first-order chi connectivity index (χ1) is 57.4. The van der Waals surface area contributed by atoms with Gasteiger partial charge in [0.25, 0.3) is 0 Å². The van der Waals surface area contributed by atoms with Crippen molar-refractivity contribution in [2.75, 3.05) is 68.5 Å². The SMILES string of the molecule is CC(=O)NCC(=O)N[C@@H](CCC(=O)O)C(=O)N[C@@H](CCC(=O)O)C(=O)N[C@@H](CCC(=O)O)C(=O)N[C@@H](CS)C(N)=O.CCC(C)[C@@H]1NC(=O)[C@H](CCCCN)NC(=O)[C@H](C(C)C)NC(=O)[C@H](CCCN=C(N)N)NC(=O)CSC[C@@H](C)NC(=O)[C@H](CCSC)NC(=O)C2CCCN2C(=O)[C@H](CCCN=C(N)N)NC(=O)CNC(=O)C(CC(=O)O)NC1=O. The number of guanidine groups is 2. The van der Waals surface area contributed by atoms with Gasteiger partial charge in [-0.15, -0.1) is 11.8 Å². The lowest BCUT2D eigenvalue weighted by Gasteiger charge is -2.30. The van der Waals surface area contributed by atoms with Crippen molar-refractivity contribution in [3.05, 3.63) is 0 Å². The number of carbonyl (C=O) groups excluding carboxylic acids is 16. The zero-order valence-electron chi connectivity index (χ0n) is 69.5. The molecule has 2 rings (SSSR count). The van der Waals surface area contributed by atoms with Crippen molar-refractivity contribution in [1.82, 2.24) is 79.3 Å². The van der Waals surface area contributed by atoms with Crippen molar-refractivity contribution in [1.29, 1.82) is 0 Å². The second-order valence-electron chi connectivity index (χ2n) is 29.0. The lowest BCUT2D eigenvalue weighted by atomic mass is 9.96. The van der Waals surface area contributed by atoms with Gasteiger partial charge in [0.05, 0.1) is 25.3 Å². The van der Waals surface area contributed by atoms with Gasteiger partial charge < -0.3 is 134 Å². The third kappa shape index (κ3) is 44.5. The predicted octanol–water partition coefficient (Wildman–Crippen LogP) is -8.02. The molecule has 2 aliphatic rings. The van der Waals surface area contributed by atoms with E-state index in [2.05, 4.69) is 97.0 Å². The topological polar surface area (TPSA) is 775 Å². The normalized spacial score (nSPS) is 21.4. The summed E-state index contributed by atoms with van der Waals surface area (Å²) in [7, 11) is 0. The molecule has 16 amide bonds. The molecule has 0 spiro atoms. The maximum absolute atomic E-state index is 14.3. The molecule has 30 N–H and O–H groups in total. The Morgan fingerprint density at radius 3 is 1.52 bits per heavy atom. The number of hydrogen-bond donors (Lipinski definition) is 25. The Labute approximate surface area is 719 Å². The third-order valence-corrected chi connectivity index (χ3v) is 20.7. The van der Waals surface area contributed by atoms with Crippen LogP contribution in [0.5, 0.6) is 0 Å². The average Bonchev–Trinajstić information content (AvgIpc) is 1.64. The number of nitrogens with two attached hydrogens (primary N) is 6. The molecule has 2 saturated heterocycles. The van der Waals surface area contributed by atoms with Gasteiger partial charge in [0.15, 0.2) is 11.9 Å². The Balaban J connectivity index is 0.00000152. The van der Waals surface area contributed by atoms with E-state index >= 15 is 0 Å². The minimum Gasteiger partial charge on any atom is -0.481 e. The third-order valence-electron chi connectivity index (χ3n) is 18.5. The number of fused-ring (bicyclic) bond motifs is 1. The van der Waals surface area contributed by atoms with Gasteiger partial charge in [-0.3, -0.25) is 106 Å². The molecule has 2 heterocycles. The van der Waals surface area contributed by atoms with Crippen LogP contribution in [0.3, 0.4) is 0 Å². The Morgan fingerprint density at radius 1 is 0.566 bits per heavy atom. The van der Waals surface area contributed by atoms with Gasteiger partial charge >= 0.3 is 23.9 Å². The summed E-state index contributed by atoms with van der Waals surface area (Å²) < 4.78 is 0. The molecule has 0 saturated carbocycles. The van der Waals surface area contributed by atoms with E-state index < -0.39 is 267 Å². The van der Waals surface area contributed by atoms with E-state index in [1.165, 1.54) is 16.7 Å². The summed E-state index contributed by atoms with van der Waals surface area (Å²) in [6, 6.07) is -16.8. The largest absolute Gasteiger partial charge is 0.481 e. The van der Waals surface area contributed by atoms with E-state index in [0.29, 0.717) is 31.4 Å². The summed E-state index contributed by atoms with van der Waals surface area (Å²) in [6.07, 6.45) is 0.0294. The summed E-state index contributed by atoms with van der Waals surface area (Å²) in [6.45, 7) is 8.72. The monoisotopic (exact) mass is 1790 g/mol. The highest BCUT2D eigenvalue weighted by atomic mass is 32.2. The maximum Gasteiger partial charge on any atom is 0.305 e. The molecule has 0 radical (unpaired) electrons. The Morgan fingerprint density at radius 2 is 1.03 bits per heavy atom. The molecule has 688 valence electrons. The number of rotatable bonds is 40. The standard InChI is InChI=1S/C50H89N17O12S2.C22H34N6O12S/c1-7-28(4)40-47(78)64-34(23-38(70)71)41(72)58-24-36(68)61-33(15-11-20-57-50(54)55)48(79)67-21-12-16-35(67)45(76)62-32(17-22-80-6)42(73)59-29(5)25-81-26-37(69)60-30(14-10-19-56-49(52)53)43(74)65-39(27(2)3)46(77)63-31(44(75)66-40)13-8-9-18-51;1-10(29)24-8-15(30)25-11(2-5-16(31)32)20(38)26-12(3-6-17(33)34)21(39)27-13(4-7-18(35)36)22(40)28-14(9-41)19(23)37/h27-35,39-40H,7-26,51H2,1-6H3,(H,58,72)(H,59,73)(H,60,69)(H,61,68)(H,62,76)(H,63,77)(H,64,78)(H,65,74)(H,66,75)(H,70,71)(H4,52,53,56)(H4,54,55,57);11-14,41H,2-9H2,1H3,(H2,23,37)(H,24,29)(H,25,30)(H,26,38)(H,27,39)(H,28,40)(H,31,32)(H,33,34)(H,35,36)/t28?,29-,30+,31+,32+,33+,34?,35?,39+,40+;11-,12-,13-,14-/m10/s1. The van der Waals surface area contributed by atoms with E-state index in [9.17, 15) is 101 Å². The molecule has 122 heavy (non-hydrogen) atoms. The van der Waals surface area contributed by atoms with Crippen molar-refractivity contribution < 1.29 is 116 Å². The molecule has 2 aliphatic heterocycles. The van der Waals surface area contributed by atoms with Crippen molar-refractivity contribution in [2.45, 2.75) is 236 Å². The molecule has 0 aromatic carbocycles. The molecule has 47 nitrogen and oxygen atoms in total. The van der Waals surface area contributed by atoms with Gasteiger partial charge in [-0.05, 0) is 121 Å². The smallest absolute Gasteiger partial charge is 0.305 e. The molecular weight excluding hydrogens is 1670 g/mol. The van der Waals surface area contributed by atoms with Gasteiger partial charge in [-0.2, -0.15) is 24.4 Å². The van der Waals surface area contributed by atoms with E-state index in [0.717, 1.165) is 18.7 Å². The van der Waals surface area contributed by atoms with Crippen LogP contribution < -0.4 is 109 Å². The number of carboxylic acids is 4. The van der Waals surface area contributed by atoms with E-state index in [-0.39, 0.29) is 100 Å². The highest BCUT2D eigenvalue weighted by Crippen LogP contribution is 2.22. The minimum absolute atomic E-state index is 0.0248. The fraction of sp³-hybridized carbons (Fsp3) is 0.694. The van der Waals surface area contributed by atoms with Crippen molar-refractivity contribution in [3.8, 4) is 0 Å². The van der Waals surface area contributed by atoms with Gasteiger partial charge in [0, 0.05) is 63.4 Å². The van der Waals surface area contributed by atoms with E-state index in [4.69, 9.17) is 49.7 Å². The van der Waals surface area contributed by atoms with Crippen LogP contribution in [0.4, 0.5) is 0 Å². The first-order valence-corrected chi connectivity index (χ1v) is 42.7. The van der Waals surface area contributed by atoms with Crippen LogP contribution >= 0.6 is 36.2 Å². The maximum atomic E-state index is 14.3. The highest BCUT2D eigenvalue weighted by molar-refractivity contribution is 8.00. The fourth-order valence-electron chi connectivity index (χ4n) is 11.8. The number of aliphatic carboxylic acids is 4. The van der Waals surface area contributed by atoms with E-state index in [1.54, 1.807) is 34.6 Å². The van der Waals surface area contributed by atoms with E-state index in [1.807, 2.05) is 6.26 Å². The lowest BCUT2D eigenvalue weighted by molar-refractivity contribution is -0.142. The van der Waals surface area contributed by atoms with Crippen LogP contribution in [0, 0.1) is 11.8 Å². The van der Waals surface area contributed by atoms with Crippen LogP contribution in [0.15, 0.2) is 9.98 Å². The van der Waals surface area contributed by atoms with Crippen molar-refractivity contribution in [2.24, 2.45) is 56.2 Å². The van der Waals surface area contributed by atoms with Crippen LogP contribution in [0.25, 0.3) is 0 Å². The lowest BCUT2D eigenvalue weighted by Crippen LogP contribution is -2.61. The number of nitrogens with zero attached hydrogens (tertiary/aromatic N) is 3. The molecule has 0 bridgehead atoms. The molecule has 2 fully saturated rings.